The van der Waals surface area contributed by atoms with Gasteiger partial charge in [0, 0.05) is 38.9 Å². The van der Waals surface area contributed by atoms with E-state index in [2.05, 4.69) is 15.3 Å². The zero-order valence-electron chi connectivity index (χ0n) is 16.0. The maximum atomic E-state index is 12.8. The summed E-state index contributed by atoms with van der Waals surface area (Å²) in [5.41, 5.74) is 1.51. The lowest BCUT2D eigenvalue weighted by Crippen LogP contribution is -2.34. The molecule has 0 aliphatic heterocycles. The molecule has 7 heteroatoms. The van der Waals surface area contributed by atoms with Crippen LogP contribution in [0.4, 0.5) is 0 Å². The number of methoxy groups -OCH3 is 1. The number of ether oxygens (including phenoxy) is 1. The molecule has 1 saturated carbocycles. The monoisotopic (exact) mass is 362 g/mol. The Morgan fingerprint density at radius 1 is 1.23 bits per heavy atom. The van der Waals surface area contributed by atoms with E-state index in [9.17, 15) is 9.59 Å². The summed E-state index contributed by atoms with van der Waals surface area (Å²) in [6.45, 7) is 6.11. The minimum Gasteiger partial charge on any atom is -0.375 e. The van der Waals surface area contributed by atoms with Gasteiger partial charge in [0.1, 0.15) is 12.9 Å². The van der Waals surface area contributed by atoms with Crippen LogP contribution in [0, 0.1) is 5.92 Å². The SMILES string of the molecule is CCN(CC)C(=O)c1cncnc1C1CCC(CNC(=O)COC)CC1. The highest BCUT2D eigenvalue weighted by Gasteiger charge is 2.28. The fraction of sp³-hybridized carbons (Fsp3) is 0.684. The summed E-state index contributed by atoms with van der Waals surface area (Å²) in [5.74, 6) is 0.686. The molecule has 2 rings (SSSR count). The quantitative estimate of drug-likeness (QED) is 0.764. The molecule has 26 heavy (non-hydrogen) atoms. The van der Waals surface area contributed by atoms with Crippen LogP contribution in [-0.4, -0.2) is 60.0 Å². The van der Waals surface area contributed by atoms with Gasteiger partial charge in [-0.1, -0.05) is 0 Å². The van der Waals surface area contributed by atoms with Crippen molar-refractivity contribution in [2.24, 2.45) is 5.92 Å². The van der Waals surface area contributed by atoms with Crippen LogP contribution in [0.2, 0.25) is 0 Å². The minimum atomic E-state index is -0.0717. The number of nitrogens with zero attached hydrogens (tertiary/aromatic N) is 3. The predicted molar refractivity (Wildman–Crippen MR) is 98.9 cm³/mol. The molecule has 1 N–H and O–H groups in total. The molecule has 144 valence electrons. The Balaban J connectivity index is 1.97. The minimum absolute atomic E-state index is 0.0135. The molecule has 0 unspecified atom stereocenters. The van der Waals surface area contributed by atoms with Crippen LogP contribution in [0.25, 0.3) is 0 Å². The molecule has 0 saturated heterocycles. The zero-order chi connectivity index (χ0) is 18.9. The van der Waals surface area contributed by atoms with Crippen LogP contribution in [0.15, 0.2) is 12.5 Å². The van der Waals surface area contributed by atoms with Crippen molar-refractivity contribution in [2.45, 2.75) is 45.4 Å². The molecule has 1 aromatic heterocycles. The van der Waals surface area contributed by atoms with Crippen molar-refractivity contribution in [1.82, 2.24) is 20.2 Å². The third kappa shape index (κ3) is 5.24. The van der Waals surface area contributed by atoms with Gasteiger partial charge in [0.25, 0.3) is 5.91 Å². The van der Waals surface area contributed by atoms with Gasteiger partial charge < -0.3 is 15.0 Å². The van der Waals surface area contributed by atoms with Gasteiger partial charge in [-0.15, -0.1) is 0 Å². The van der Waals surface area contributed by atoms with Gasteiger partial charge in [-0.2, -0.15) is 0 Å². The normalized spacial score (nSPS) is 19.8. The maximum absolute atomic E-state index is 12.8. The third-order valence-electron chi connectivity index (χ3n) is 5.12. The molecule has 2 amide bonds. The van der Waals surface area contributed by atoms with E-state index >= 15 is 0 Å². The second-order valence-electron chi connectivity index (χ2n) is 6.75. The Bertz CT molecular complexity index is 596. The number of carbonyl (C=O) groups is 2. The van der Waals surface area contributed by atoms with Crippen LogP contribution in [0.5, 0.6) is 0 Å². The highest BCUT2D eigenvalue weighted by Crippen LogP contribution is 2.36. The molecule has 0 aromatic carbocycles. The predicted octanol–water partition coefficient (Wildman–Crippen LogP) is 1.99. The number of hydrogen-bond acceptors (Lipinski definition) is 5. The van der Waals surface area contributed by atoms with Crippen LogP contribution in [-0.2, 0) is 9.53 Å². The average Bonchev–Trinajstić information content (AvgIpc) is 2.68. The van der Waals surface area contributed by atoms with Gasteiger partial charge in [0.15, 0.2) is 0 Å². The van der Waals surface area contributed by atoms with Gasteiger partial charge >= 0.3 is 0 Å². The number of nitrogens with one attached hydrogen (secondary N) is 1. The molecule has 1 heterocycles. The first kappa shape index (κ1) is 20.3. The molecular weight excluding hydrogens is 332 g/mol. The summed E-state index contributed by atoms with van der Waals surface area (Å²) in [7, 11) is 1.52. The Hall–Kier alpha value is -2.02. The van der Waals surface area contributed by atoms with E-state index in [1.807, 2.05) is 13.8 Å². The molecule has 1 aromatic rings. The summed E-state index contributed by atoms with van der Waals surface area (Å²) in [6, 6.07) is 0. The third-order valence-corrected chi connectivity index (χ3v) is 5.12. The standard InChI is InChI=1S/C19H30N4O3/c1-4-23(5-2)19(25)16-11-20-13-22-18(16)15-8-6-14(7-9-15)10-21-17(24)12-26-3/h11,13-15H,4-10,12H2,1-3H3,(H,21,24). The second kappa shape index (κ2) is 10.2. The van der Waals surface area contributed by atoms with Crippen LogP contribution in [0.1, 0.15) is 61.5 Å². The number of rotatable bonds is 8. The highest BCUT2D eigenvalue weighted by atomic mass is 16.5. The van der Waals surface area contributed by atoms with Crippen molar-refractivity contribution in [2.75, 3.05) is 33.4 Å². The number of aromatic nitrogens is 2. The molecule has 0 spiro atoms. The van der Waals surface area contributed by atoms with Crippen molar-refractivity contribution in [3.8, 4) is 0 Å². The topological polar surface area (TPSA) is 84.4 Å². The van der Waals surface area contributed by atoms with Crippen LogP contribution >= 0.6 is 0 Å². The van der Waals surface area contributed by atoms with Crippen molar-refractivity contribution in [3.63, 3.8) is 0 Å². The van der Waals surface area contributed by atoms with Crippen molar-refractivity contribution in [1.29, 1.82) is 0 Å². The van der Waals surface area contributed by atoms with Crippen molar-refractivity contribution < 1.29 is 14.3 Å². The van der Waals surface area contributed by atoms with E-state index in [0.717, 1.165) is 31.4 Å². The van der Waals surface area contributed by atoms with Gasteiger partial charge in [-0.05, 0) is 45.4 Å². The second-order valence-corrected chi connectivity index (χ2v) is 6.75. The Morgan fingerprint density at radius 3 is 2.54 bits per heavy atom. The molecule has 0 radical (unpaired) electrons. The van der Waals surface area contributed by atoms with Gasteiger partial charge in [-0.25, -0.2) is 9.97 Å². The lowest BCUT2D eigenvalue weighted by Gasteiger charge is -2.29. The highest BCUT2D eigenvalue weighted by molar-refractivity contribution is 5.95. The molecule has 0 atom stereocenters. The van der Waals surface area contributed by atoms with Crippen molar-refractivity contribution >= 4 is 11.8 Å². The number of hydrogen-bond donors (Lipinski definition) is 1. The van der Waals surface area contributed by atoms with E-state index in [1.54, 1.807) is 11.1 Å². The Labute approximate surface area is 155 Å². The Kier molecular flexibility index (Phi) is 7.97. The molecule has 1 aliphatic carbocycles. The smallest absolute Gasteiger partial charge is 0.257 e. The van der Waals surface area contributed by atoms with E-state index in [4.69, 9.17) is 4.74 Å². The number of carbonyl (C=O) groups excluding carboxylic acids is 2. The summed E-state index contributed by atoms with van der Waals surface area (Å²) < 4.78 is 4.83. The molecule has 7 nitrogen and oxygen atoms in total. The average molecular weight is 362 g/mol. The lowest BCUT2D eigenvalue weighted by molar-refractivity contribution is -0.124. The van der Waals surface area contributed by atoms with E-state index in [0.29, 0.717) is 31.1 Å². The van der Waals surface area contributed by atoms with Gasteiger partial charge in [0.05, 0.1) is 11.3 Å². The number of amides is 2. The first-order valence-electron chi connectivity index (χ1n) is 9.45. The first-order chi connectivity index (χ1) is 12.6. The molecule has 1 fully saturated rings. The summed E-state index contributed by atoms with van der Waals surface area (Å²) in [5, 5.41) is 2.92. The first-order valence-corrected chi connectivity index (χ1v) is 9.45. The summed E-state index contributed by atoms with van der Waals surface area (Å²) in [6.07, 6.45) is 7.16. The van der Waals surface area contributed by atoms with Crippen molar-refractivity contribution in [3.05, 3.63) is 23.8 Å². The lowest BCUT2D eigenvalue weighted by atomic mass is 9.79. The molecule has 0 bridgehead atoms. The summed E-state index contributed by atoms with van der Waals surface area (Å²) in [4.78, 5) is 34.6. The summed E-state index contributed by atoms with van der Waals surface area (Å²) >= 11 is 0. The molecular formula is C19H30N4O3. The molecule has 1 aliphatic rings. The fourth-order valence-corrected chi connectivity index (χ4v) is 3.59. The maximum Gasteiger partial charge on any atom is 0.257 e. The Morgan fingerprint density at radius 2 is 1.92 bits per heavy atom. The van der Waals surface area contributed by atoms with Crippen LogP contribution in [0.3, 0.4) is 0 Å². The van der Waals surface area contributed by atoms with Gasteiger partial charge in [-0.3, -0.25) is 9.59 Å². The zero-order valence-corrected chi connectivity index (χ0v) is 16.0. The van der Waals surface area contributed by atoms with E-state index < -0.39 is 0 Å². The fourth-order valence-electron chi connectivity index (χ4n) is 3.59. The largest absolute Gasteiger partial charge is 0.375 e. The van der Waals surface area contributed by atoms with Gasteiger partial charge in [0.2, 0.25) is 5.91 Å². The van der Waals surface area contributed by atoms with E-state index in [-0.39, 0.29) is 24.3 Å². The van der Waals surface area contributed by atoms with Crippen LogP contribution < -0.4 is 5.32 Å². The van der Waals surface area contributed by atoms with E-state index in [1.165, 1.54) is 13.4 Å².